The van der Waals surface area contributed by atoms with Crippen LogP contribution in [0.25, 0.3) is 0 Å². The molecule has 2 saturated heterocycles. The lowest BCUT2D eigenvalue weighted by atomic mass is 9.97. The van der Waals surface area contributed by atoms with Gasteiger partial charge in [-0.15, -0.1) is 0 Å². The molecule has 0 aromatic heterocycles. The Balaban J connectivity index is 2.15. The normalized spacial score (nSPS) is 41.4. The van der Waals surface area contributed by atoms with Crippen molar-refractivity contribution in [2.45, 2.75) is 86.1 Å². The second-order valence-corrected chi connectivity index (χ2v) is 8.00. The molecule has 0 aliphatic carbocycles. The van der Waals surface area contributed by atoms with Crippen LogP contribution in [0.2, 0.25) is 0 Å². The molecule has 13 atom stereocenters. The molecule has 0 aromatic carbocycles. The van der Waals surface area contributed by atoms with Crippen LogP contribution in [0.4, 0.5) is 0 Å². The molecule has 0 spiro atoms. The van der Waals surface area contributed by atoms with Gasteiger partial charge in [-0.25, -0.2) is 0 Å². The van der Waals surface area contributed by atoms with E-state index in [-0.39, 0.29) is 6.42 Å². The van der Waals surface area contributed by atoms with E-state index in [2.05, 4.69) is 0 Å². The Labute approximate surface area is 188 Å². The third-order valence-corrected chi connectivity index (χ3v) is 5.60. The van der Waals surface area contributed by atoms with Crippen LogP contribution < -0.4 is 0 Å². The lowest BCUT2D eigenvalue weighted by Gasteiger charge is -2.46. The molecule has 2 aliphatic rings. The standard InChI is InChI=1S/C18H34O15/c19-2-6-1-7(23)12(27)17(30-6)33-16-10(5-22)31-18(14(29)13(16)28)32-15(9(25)4-21)11(26)8(24)3-20/h6-29H,1-5H2. The molecule has 2 rings (SSSR count). The van der Waals surface area contributed by atoms with Crippen molar-refractivity contribution in [2.24, 2.45) is 0 Å². The molecule has 0 aromatic rings. The van der Waals surface area contributed by atoms with E-state index in [0.29, 0.717) is 0 Å². The fourth-order valence-corrected chi connectivity index (χ4v) is 3.62. The highest BCUT2D eigenvalue weighted by Crippen LogP contribution is 2.30. The number of aliphatic hydroxyl groups excluding tert-OH is 11. The summed E-state index contributed by atoms with van der Waals surface area (Å²) < 4.78 is 21.4. The zero-order chi connectivity index (χ0) is 24.9. The van der Waals surface area contributed by atoms with Gasteiger partial charge in [0, 0.05) is 6.42 Å². The average molecular weight is 490 g/mol. The van der Waals surface area contributed by atoms with Crippen molar-refractivity contribution in [1.29, 1.82) is 0 Å². The second-order valence-electron chi connectivity index (χ2n) is 8.00. The first-order chi connectivity index (χ1) is 15.6. The van der Waals surface area contributed by atoms with Gasteiger partial charge in [0.2, 0.25) is 0 Å². The van der Waals surface area contributed by atoms with Crippen molar-refractivity contribution in [3.63, 3.8) is 0 Å². The predicted octanol–water partition coefficient (Wildman–Crippen LogP) is -6.91. The molecule has 13 unspecified atom stereocenters. The van der Waals surface area contributed by atoms with Crippen LogP contribution in [0.15, 0.2) is 0 Å². The third kappa shape index (κ3) is 6.75. The summed E-state index contributed by atoms with van der Waals surface area (Å²) in [5.41, 5.74) is 0. The summed E-state index contributed by atoms with van der Waals surface area (Å²) in [6.07, 6.45) is -21.3. The minimum atomic E-state index is -1.94. The fraction of sp³-hybridized carbons (Fsp3) is 1.00. The Morgan fingerprint density at radius 1 is 0.758 bits per heavy atom. The molecule has 33 heavy (non-hydrogen) atoms. The summed E-state index contributed by atoms with van der Waals surface area (Å²) >= 11 is 0. The molecule has 0 amide bonds. The Kier molecular flexibility index (Phi) is 11.2. The van der Waals surface area contributed by atoms with E-state index >= 15 is 0 Å². The van der Waals surface area contributed by atoms with Gasteiger partial charge in [-0.05, 0) is 0 Å². The van der Waals surface area contributed by atoms with Crippen LogP contribution in [0.3, 0.4) is 0 Å². The van der Waals surface area contributed by atoms with E-state index in [1.165, 1.54) is 0 Å². The quantitative estimate of drug-likeness (QED) is 0.129. The number of ether oxygens (including phenoxy) is 4. The molecule has 2 heterocycles. The summed E-state index contributed by atoms with van der Waals surface area (Å²) in [7, 11) is 0. The number of hydrogen-bond donors (Lipinski definition) is 11. The van der Waals surface area contributed by atoms with E-state index in [0.717, 1.165) is 0 Å². The zero-order valence-corrected chi connectivity index (χ0v) is 17.6. The Hall–Kier alpha value is -0.600. The highest BCUT2D eigenvalue weighted by atomic mass is 16.7. The minimum Gasteiger partial charge on any atom is -0.394 e. The van der Waals surface area contributed by atoms with Crippen LogP contribution in [0, 0.1) is 0 Å². The van der Waals surface area contributed by atoms with Crippen molar-refractivity contribution >= 4 is 0 Å². The van der Waals surface area contributed by atoms with Crippen LogP contribution in [-0.4, -0.2) is 162 Å². The molecular weight excluding hydrogens is 456 g/mol. The summed E-state index contributed by atoms with van der Waals surface area (Å²) in [6, 6.07) is 0. The summed E-state index contributed by atoms with van der Waals surface area (Å²) in [4.78, 5) is 0. The molecule has 0 saturated carbocycles. The lowest BCUT2D eigenvalue weighted by molar-refractivity contribution is -0.361. The Morgan fingerprint density at radius 2 is 1.39 bits per heavy atom. The van der Waals surface area contributed by atoms with Gasteiger partial charge in [0.05, 0.1) is 38.6 Å². The van der Waals surface area contributed by atoms with E-state index in [1.54, 1.807) is 0 Å². The predicted molar refractivity (Wildman–Crippen MR) is 102 cm³/mol. The van der Waals surface area contributed by atoms with Crippen molar-refractivity contribution in [3.05, 3.63) is 0 Å². The van der Waals surface area contributed by atoms with Crippen molar-refractivity contribution in [2.75, 3.05) is 26.4 Å². The Bertz CT molecular complexity index is 567. The van der Waals surface area contributed by atoms with Crippen LogP contribution in [0.1, 0.15) is 6.42 Å². The molecular formula is C18H34O15. The van der Waals surface area contributed by atoms with E-state index in [4.69, 9.17) is 24.1 Å². The molecule has 196 valence electrons. The van der Waals surface area contributed by atoms with E-state index in [9.17, 15) is 51.1 Å². The highest BCUT2D eigenvalue weighted by molar-refractivity contribution is 4.93. The van der Waals surface area contributed by atoms with Crippen LogP contribution in [-0.2, 0) is 18.9 Å². The fourth-order valence-electron chi connectivity index (χ4n) is 3.62. The highest BCUT2D eigenvalue weighted by Gasteiger charge is 2.50. The first-order valence-electron chi connectivity index (χ1n) is 10.4. The molecule has 0 bridgehead atoms. The Morgan fingerprint density at radius 3 is 1.94 bits per heavy atom. The van der Waals surface area contributed by atoms with Gasteiger partial charge in [-0.1, -0.05) is 0 Å². The molecule has 2 fully saturated rings. The number of rotatable bonds is 11. The molecule has 11 N–H and O–H groups in total. The topological polar surface area (TPSA) is 259 Å². The smallest absolute Gasteiger partial charge is 0.187 e. The van der Waals surface area contributed by atoms with Gasteiger partial charge in [0.25, 0.3) is 0 Å². The summed E-state index contributed by atoms with van der Waals surface area (Å²) in [5, 5.41) is 108. The average Bonchev–Trinajstić information content (AvgIpc) is 2.82. The lowest BCUT2D eigenvalue weighted by Crippen LogP contribution is -2.64. The zero-order valence-electron chi connectivity index (χ0n) is 17.6. The molecule has 2 aliphatic heterocycles. The number of aliphatic hydroxyl groups is 11. The van der Waals surface area contributed by atoms with E-state index in [1.807, 2.05) is 0 Å². The monoisotopic (exact) mass is 490 g/mol. The second kappa shape index (κ2) is 12.9. The summed E-state index contributed by atoms with van der Waals surface area (Å²) in [6.45, 7) is -3.16. The van der Waals surface area contributed by atoms with Gasteiger partial charge in [0.1, 0.15) is 54.9 Å². The van der Waals surface area contributed by atoms with Gasteiger partial charge >= 0.3 is 0 Å². The molecule has 15 heteroatoms. The van der Waals surface area contributed by atoms with Gasteiger partial charge < -0.3 is 75.1 Å². The minimum absolute atomic E-state index is 0.0835. The molecule has 0 radical (unpaired) electrons. The first-order valence-corrected chi connectivity index (χ1v) is 10.4. The van der Waals surface area contributed by atoms with Crippen molar-refractivity contribution in [3.8, 4) is 0 Å². The maximum absolute atomic E-state index is 10.6. The first kappa shape index (κ1) is 28.6. The molecule has 15 nitrogen and oxygen atoms in total. The van der Waals surface area contributed by atoms with Crippen molar-refractivity contribution in [1.82, 2.24) is 0 Å². The van der Waals surface area contributed by atoms with Gasteiger partial charge in [-0.3, -0.25) is 0 Å². The summed E-state index contributed by atoms with van der Waals surface area (Å²) in [5.74, 6) is 0. The SMILES string of the molecule is OCC1CC(O)C(O)C(OC2C(CO)OC(OC(C(O)CO)C(O)C(O)CO)C(O)C2O)O1. The number of hydrogen-bond acceptors (Lipinski definition) is 15. The van der Waals surface area contributed by atoms with Crippen molar-refractivity contribution < 1.29 is 75.1 Å². The van der Waals surface area contributed by atoms with Crippen LogP contribution in [0.5, 0.6) is 0 Å². The maximum atomic E-state index is 10.6. The third-order valence-electron chi connectivity index (χ3n) is 5.60. The van der Waals surface area contributed by atoms with Gasteiger partial charge in [-0.2, -0.15) is 0 Å². The van der Waals surface area contributed by atoms with E-state index < -0.39 is 106 Å². The largest absolute Gasteiger partial charge is 0.394 e. The van der Waals surface area contributed by atoms with Crippen LogP contribution >= 0.6 is 0 Å². The maximum Gasteiger partial charge on any atom is 0.187 e. The van der Waals surface area contributed by atoms with Gasteiger partial charge in [0.15, 0.2) is 12.6 Å².